The van der Waals surface area contributed by atoms with E-state index in [1.54, 1.807) is 0 Å². The first kappa shape index (κ1) is 14.7. The maximum absolute atomic E-state index is 6.22. The molecule has 0 saturated heterocycles. The summed E-state index contributed by atoms with van der Waals surface area (Å²) in [7, 11) is 0.442. The third kappa shape index (κ3) is 3.27. The van der Waals surface area contributed by atoms with Crippen molar-refractivity contribution < 1.29 is 4.43 Å². The van der Waals surface area contributed by atoms with Gasteiger partial charge in [-0.2, -0.15) is 0 Å². The average molecular weight is 298 g/mol. The highest BCUT2D eigenvalue weighted by Gasteiger charge is 2.39. The molecule has 0 amide bonds. The summed E-state index contributed by atoms with van der Waals surface area (Å²) in [6, 6.07) is 0. The molecule has 1 aromatic heterocycles. The van der Waals surface area contributed by atoms with E-state index in [2.05, 4.69) is 49.9 Å². The number of rotatable bonds is 3. The van der Waals surface area contributed by atoms with Gasteiger partial charge in [-0.3, -0.25) is 0 Å². The first-order valence-corrected chi connectivity index (χ1v) is 7.69. The normalized spacial score (nSPS) is 19.2. The Kier molecular flexibility index (Phi) is 3.91. The summed E-state index contributed by atoms with van der Waals surface area (Å²) in [5.41, 5.74) is 0.686. The fourth-order valence-electron chi connectivity index (χ4n) is 2.07. The minimum absolute atomic E-state index is 0.170. The van der Waals surface area contributed by atoms with E-state index in [1.165, 1.54) is 6.33 Å². The van der Waals surface area contributed by atoms with Crippen molar-refractivity contribution in [3.8, 4) is 0 Å². The smallest absolute Gasteiger partial charge is 0.236 e. The number of fused-ring (bicyclic) bond motifs is 1. The Morgan fingerprint density at radius 2 is 2.00 bits per heavy atom. The molecule has 0 bridgehead atoms. The number of hydrogen-bond acceptors (Lipinski definition) is 4. The van der Waals surface area contributed by atoms with Crippen molar-refractivity contribution in [3.05, 3.63) is 17.0 Å². The highest BCUT2D eigenvalue weighted by atomic mass is 35.5. The van der Waals surface area contributed by atoms with Crippen molar-refractivity contribution in [2.45, 2.75) is 51.2 Å². The van der Waals surface area contributed by atoms with E-state index in [-0.39, 0.29) is 16.6 Å². The van der Waals surface area contributed by atoms with Crippen LogP contribution in [0.3, 0.4) is 0 Å². The van der Waals surface area contributed by atoms with Crippen LogP contribution in [0.5, 0.6) is 0 Å². The maximum Gasteiger partial charge on any atom is 0.236 e. The van der Waals surface area contributed by atoms with Crippen molar-refractivity contribution in [2.75, 3.05) is 11.9 Å². The zero-order valence-electron chi connectivity index (χ0n) is 12.0. The summed E-state index contributed by atoms with van der Waals surface area (Å²) in [6.45, 7) is 11.5. The van der Waals surface area contributed by atoms with Gasteiger partial charge >= 0.3 is 0 Å². The highest BCUT2D eigenvalue weighted by molar-refractivity contribution is 6.32. The predicted molar refractivity (Wildman–Crippen MR) is 78.9 cm³/mol. The van der Waals surface area contributed by atoms with Gasteiger partial charge in [0.15, 0.2) is 0 Å². The molecule has 1 atom stereocenters. The van der Waals surface area contributed by atoms with Crippen LogP contribution in [-0.2, 0) is 4.43 Å². The SMILES string of the molecule is CC(C)(C)[Si]OC(C)(C)C1CNc2ncnc(Cl)c21. The Bertz CT molecular complexity index is 473. The lowest BCUT2D eigenvalue weighted by molar-refractivity contribution is 0.0844. The zero-order chi connectivity index (χ0) is 14.3. The van der Waals surface area contributed by atoms with Crippen LogP contribution in [0.2, 0.25) is 10.2 Å². The molecule has 2 rings (SSSR count). The van der Waals surface area contributed by atoms with Gasteiger partial charge in [0.25, 0.3) is 0 Å². The molecule has 1 aliphatic rings. The Labute approximate surface area is 122 Å². The van der Waals surface area contributed by atoms with Crippen molar-refractivity contribution in [1.29, 1.82) is 0 Å². The van der Waals surface area contributed by atoms with Gasteiger partial charge in [0, 0.05) is 18.0 Å². The van der Waals surface area contributed by atoms with E-state index in [0.717, 1.165) is 17.9 Å². The molecule has 19 heavy (non-hydrogen) atoms. The number of halogens is 1. The van der Waals surface area contributed by atoms with E-state index in [1.807, 2.05) is 0 Å². The maximum atomic E-state index is 6.22. The lowest BCUT2D eigenvalue weighted by Crippen LogP contribution is -2.37. The van der Waals surface area contributed by atoms with Gasteiger partial charge in [0.1, 0.15) is 17.3 Å². The third-order valence-corrected chi connectivity index (χ3v) is 4.66. The lowest BCUT2D eigenvalue weighted by Gasteiger charge is -2.34. The van der Waals surface area contributed by atoms with Crippen LogP contribution in [-0.4, -0.2) is 31.9 Å². The molecule has 104 valence electrons. The zero-order valence-corrected chi connectivity index (χ0v) is 13.8. The first-order chi connectivity index (χ1) is 8.71. The lowest BCUT2D eigenvalue weighted by atomic mass is 9.88. The third-order valence-electron chi connectivity index (χ3n) is 3.12. The molecular weight excluding hydrogens is 278 g/mol. The minimum atomic E-state index is -0.293. The Morgan fingerprint density at radius 1 is 1.32 bits per heavy atom. The summed E-state index contributed by atoms with van der Waals surface area (Å²) in [4.78, 5) is 8.32. The Morgan fingerprint density at radius 3 is 2.63 bits per heavy atom. The highest BCUT2D eigenvalue weighted by Crippen LogP contribution is 2.42. The average Bonchev–Trinajstić information content (AvgIpc) is 2.72. The summed E-state index contributed by atoms with van der Waals surface area (Å²) in [5.74, 6) is 1.01. The van der Waals surface area contributed by atoms with Gasteiger partial charge in [-0.15, -0.1) is 0 Å². The largest absolute Gasteiger partial charge is 0.411 e. The molecule has 0 saturated carbocycles. The predicted octanol–water partition coefficient (Wildman–Crippen LogP) is 3.27. The van der Waals surface area contributed by atoms with E-state index in [0.29, 0.717) is 14.9 Å². The van der Waals surface area contributed by atoms with Gasteiger partial charge in [-0.1, -0.05) is 32.4 Å². The van der Waals surface area contributed by atoms with Crippen molar-refractivity contribution >= 4 is 27.2 Å². The van der Waals surface area contributed by atoms with Crippen LogP contribution < -0.4 is 5.32 Å². The second-order valence-electron chi connectivity index (χ2n) is 6.42. The van der Waals surface area contributed by atoms with Crippen LogP contribution in [0.25, 0.3) is 0 Å². The van der Waals surface area contributed by atoms with E-state index in [4.69, 9.17) is 16.0 Å². The van der Waals surface area contributed by atoms with Gasteiger partial charge in [0.2, 0.25) is 9.76 Å². The molecule has 1 aromatic rings. The topological polar surface area (TPSA) is 47.0 Å². The van der Waals surface area contributed by atoms with Crippen molar-refractivity contribution in [2.24, 2.45) is 0 Å². The fourth-order valence-corrected chi connectivity index (χ4v) is 3.05. The Hall–Kier alpha value is -0.653. The summed E-state index contributed by atoms with van der Waals surface area (Å²) in [5, 5.41) is 3.98. The minimum Gasteiger partial charge on any atom is -0.411 e. The molecule has 0 spiro atoms. The van der Waals surface area contributed by atoms with Crippen LogP contribution in [0.4, 0.5) is 5.82 Å². The summed E-state index contributed by atoms with van der Waals surface area (Å²) >= 11 is 6.22. The van der Waals surface area contributed by atoms with E-state index < -0.39 is 0 Å². The number of aromatic nitrogens is 2. The molecule has 2 radical (unpaired) electrons. The van der Waals surface area contributed by atoms with Gasteiger partial charge in [-0.25, -0.2) is 9.97 Å². The molecule has 0 fully saturated rings. The van der Waals surface area contributed by atoms with Gasteiger partial charge in [-0.05, 0) is 18.9 Å². The monoisotopic (exact) mass is 297 g/mol. The standard InChI is InChI=1S/C13H20ClN3OSi/c1-12(2,3)19-18-13(4,5)8-6-15-11-9(8)10(14)16-7-17-11/h7-8H,6H2,1-5H3,(H,15,16,17). The number of hydrogen-bond donors (Lipinski definition) is 1. The molecule has 4 nitrogen and oxygen atoms in total. The second kappa shape index (κ2) is 5.03. The number of anilines is 1. The molecule has 1 N–H and O–H groups in total. The molecule has 6 heteroatoms. The number of nitrogens with one attached hydrogen (secondary N) is 1. The molecule has 0 aliphatic carbocycles. The van der Waals surface area contributed by atoms with Crippen molar-refractivity contribution in [1.82, 2.24) is 9.97 Å². The van der Waals surface area contributed by atoms with Gasteiger partial charge < -0.3 is 9.74 Å². The molecule has 2 heterocycles. The molecule has 1 unspecified atom stereocenters. The van der Waals surface area contributed by atoms with E-state index in [9.17, 15) is 0 Å². The fraction of sp³-hybridized carbons (Fsp3) is 0.692. The summed E-state index contributed by atoms with van der Waals surface area (Å²) < 4.78 is 6.16. The number of nitrogens with zero attached hydrogens (tertiary/aromatic N) is 2. The molecule has 1 aliphatic heterocycles. The molecule has 0 aromatic carbocycles. The molecular formula is C13H20ClN3OSi. The Balaban J connectivity index is 2.20. The van der Waals surface area contributed by atoms with Crippen LogP contribution in [0.15, 0.2) is 6.33 Å². The summed E-state index contributed by atoms with van der Waals surface area (Å²) in [6.07, 6.45) is 1.49. The quantitative estimate of drug-likeness (QED) is 0.687. The van der Waals surface area contributed by atoms with E-state index >= 15 is 0 Å². The second-order valence-corrected chi connectivity index (χ2v) is 8.68. The van der Waals surface area contributed by atoms with Crippen LogP contribution in [0, 0.1) is 0 Å². The van der Waals surface area contributed by atoms with Crippen molar-refractivity contribution in [3.63, 3.8) is 0 Å². The van der Waals surface area contributed by atoms with Gasteiger partial charge in [0.05, 0.1) is 5.60 Å². The first-order valence-electron chi connectivity index (χ1n) is 6.40. The van der Waals surface area contributed by atoms with Crippen LogP contribution in [0.1, 0.15) is 46.1 Å². The van der Waals surface area contributed by atoms with Crippen LogP contribution >= 0.6 is 11.6 Å².